The number of hydrogen-bond acceptors (Lipinski definition) is 6. The van der Waals surface area contributed by atoms with Crippen molar-refractivity contribution in [1.29, 1.82) is 0 Å². The van der Waals surface area contributed by atoms with Crippen LogP contribution in [0.25, 0.3) is 0 Å². The molecular formula is C21H25FN4O4. The lowest BCUT2D eigenvalue weighted by Crippen LogP contribution is -2.58. The van der Waals surface area contributed by atoms with Crippen LogP contribution in [-0.2, 0) is 11.3 Å². The van der Waals surface area contributed by atoms with E-state index in [0.717, 1.165) is 5.56 Å². The van der Waals surface area contributed by atoms with Crippen LogP contribution in [0, 0.1) is 15.9 Å². The predicted octanol–water partition coefficient (Wildman–Crippen LogP) is 2.82. The van der Waals surface area contributed by atoms with E-state index in [9.17, 15) is 19.3 Å². The molecule has 1 aliphatic heterocycles. The Kier molecular flexibility index (Phi) is 6.51. The summed E-state index contributed by atoms with van der Waals surface area (Å²) in [6.45, 7) is 5.69. The molecule has 160 valence electrons. The minimum atomic E-state index is -0.589. The summed E-state index contributed by atoms with van der Waals surface area (Å²) in [6.07, 6.45) is 0. The van der Waals surface area contributed by atoms with Crippen molar-refractivity contribution in [3.05, 3.63) is 64.0 Å². The Morgan fingerprint density at radius 2 is 1.90 bits per heavy atom. The molecule has 1 heterocycles. The summed E-state index contributed by atoms with van der Waals surface area (Å²) in [5.74, 6) is -0.225. The first-order chi connectivity index (χ1) is 14.2. The summed E-state index contributed by atoms with van der Waals surface area (Å²) in [5.41, 5.74) is 6.38. The van der Waals surface area contributed by atoms with E-state index in [2.05, 4.69) is 4.90 Å². The first kappa shape index (κ1) is 21.5. The Morgan fingerprint density at radius 1 is 1.20 bits per heavy atom. The van der Waals surface area contributed by atoms with Gasteiger partial charge in [-0.1, -0.05) is 12.1 Å². The molecular weight excluding hydrogens is 391 g/mol. The summed E-state index contributed by atoms with van der Waals surface area (Å²) in [4.78, 5) is 27.1. The zero-order chi connectivity index (χ0) is 21.8. The minimum Gasteiger partial charge on any atom is -0.484 e. The molecule has 30 heavy (non-hydrogen) atoms. The third-order valence-corrected chi connectivity index (χ3v) is 5.30. The second-order valence-electron chi connectivity index (χ2n) is 7.57. The molecule has 0 radical (unpaired) electrons. The van der Waals surface area contributed by atoms with Gasteiger partial charge in [0.15, 0.2) is 6.61 Å². The van der Waals surface area contributed by atoms with E-state index < -0.39 is 4.92 Å². The zero-order valence-corrected chi connectivity index (χ0v) is 17.0. The Bertz CT molecular complexity index is 922. The quantitative estimate of drug-likeness (QED) is 0.441. The number of nitrogens with two attached hydrogens (primary N) is 1. The molecule has 0 aromatic heterocycles. The molecule has 2 aromatic carbocycles. The summed E-state index contributed by atoms with van der Waals surface area (Å²) < 4.78 is 18.6. The number of amides is 1. The van der Waals surface area contributed by atoms with Gasteiger partial charge in [-0.05, 0) is 43.7 Å². The van der Waals surface area contributed by atoms with Crippen molar-refractivity contribution < 1.29 is 18.8 Å². The SMILES string of the molecule is C[C@@H]1CN(Cc2ccc(F)cc2)[C@@H](C)CN1C(=O)COc1ccc(N)c([N+](=O)[O-])c1. The number of nitrogens with zero attached hydrogens (tertiary/aromatic N) is 3. The predicted molar refractivity (Wildman–Crippen MR) is 110 cm³/mol. The number of benzene rings is 2. The smallest absolute Gasteiger partial charge is 0.295 e. The lowest BCUT2D eigenvalue weighted by molar-refractivity contribution is -0.384. The van der Waals surface area contributed by atoms with Crippen LogP contribution in [0.5, 0.6) is 5.75 Å². The number of halogens is 1. The third-order valence-electron chi connectivity index (χ3n) is 5.30. The van der Waals surface area contributed by atoms with Crippen molar-refractivity contribution >= 4 is 17.3 Å². The molecule has 0 aliphatic carbocycles. The normalized spacial score (nSPS) is 19.5. The molecule has 0 unspecified atom stereocenters. The van der Waals surface area contributed by atoms with Crippen molar-refractivity contribution in [2.24, 2.45) is 0 Å². The van der Waals surface area contributed by atoms with Crippen LogP contribution >= 0.6 is 0 Å². The number of hydrogen-bond donors (Lipinski definition) is 1. The van der Waals surface area contributed by atoms with Gasteiger partial charge in [-0.2, -0.15) is 0 Å². The van der Waals surface area contributed by atoms with Gasteiger partial charge in [0.1, 0.15) is 17.3 Å². The van der Waals surface area contributed by atoms with E-state index in [0.29, 0.717) is 19.6 Å². The fourth-order valence-electron chi connectivity index (χ4n) is 3.59. The number of rotatable bonds is 6. The monoisotopic (exact) mass is 416 g/mol. The third kappa shape index (κ3) is 5.04. The highest BCUT2D eigenvalue weighted by Gasteiger charge is 2.32. The second kappa shape index (κ2) is 9.08. The largest absolute Gasteiger partial charge is 0.484 e. The fourth-order valence-corrected chi connectivity index (χ4v) is 3.59. The maximum absolute atomic E-state index is 13.1. The van der Waals surface area contributed by atoms with Crippen LogP contribution in [0.15, 0.2) is 42.5 Å². The Balaban J connectivity index is 1.58. The number of nitrogen functional groups attached to an aromatic ring is 1. The molecule has 2 aromatic rings. The number of piperazine rings is 1. The standard InChI is InChI=1S/C21H25FN4O4/c1-14-11-25(15(2)10-24(14)12-16-3-5-17(22)6-4-16)21(27)13-30-18-7-8-19(23)20(9-18)26(28)29/h3-9,14-15H,10-13,23H2,1-2H3/t14-,15+/m0/s1. The van der Waals surface area contributed by atoms with Crippen LogP contribution in [0.4, 0.5) is 15.8 Å². The summed E-state index contributed by atoms with van der Waals surface area (Å²) in [7, 11) is 0. The van der Waals surface area contributed by atoms with Gasteiger partial charge in [0.2, 0.25) is 0 Å². The summed E-state index contributed by atoms with van der Waals surface area (Å²) in [6, 6.07) is 10.6. The molecule has 2 atom stereocenters. The van der Waals surface area contributed by atoms with E-state index in [-0.39, 0.29) is 47.5 Å². The molecule has 8 nitrogen and oxygen atoms in total. The van der Waals surface area contributed by atoms with Gasteiger partial charge in [0, 0.05) is 31.7 Å². The van der Waals surface area contributed by atoms with E-state index in [1.54, 1.807) is 17.0 Å². The Hall–Kier alpha value is -3.20. The van der Waals surface area contributed by atoms with Crippen molar-refractivity contribution in [3.63, 3.8) is 0 Å². The number of nitro groups is 1. The highest BCUT2D eigenvalue weighted by Crippen LogP contribution is 2.26. The number of nitro benzene ring substituents is 1. The molecule has 1 fully saturated rings. The van der Waals surface area contributed by atoms with Gasteiger partial charge in [-0.15, -0.1) is 0 Å². The maximum Gasteiger partial charge on any atom is 0.295 e. The molecule has 1 aliphatic rings. The maximum atomic E-state index is 13.1. The van der Waals surface area contributed by atoms with Gasteiger partial charge in [0.05, 0.1) is 11.0 Å². The Labute approximate surface area is 174 Å². The lowest BCUT2D eigenvalue weighted by Gasteiger charge is -2.44. The van der Waals surface area contributed by atoms with Crippen LogP contribution in [0.1, 0.15) is 19.4 Å². The topological polar surface area (TPSA) is 102 Å². The van der Waals surface area contributed by atoms with Crippen molar-refractivity contribution in [3.8, 4) is 5.75 Å². The van der Waals surface area contributed by atoms with Crippen molar-refractivity contribution in [2.75, 3.05) is 25.4 Å². The molecule has 0 bridgehead atoms. The number of ether oxygens (including phenoxy) is 1. The molecule has 2 N–H and O–H groups in total. The van der Waals surface area contributed by atoms with Crippen molar-refractivity contribution in [2.45, 2.75) is 32.5 Å². The first-order valence-corrected chi connectivity index (χ1v) is 9.69. The van der Waals surface area contributed by atoms with Crippen LogP contribution in [-0.4, -0.2) is 52.4 Å². The average molecular weight is 416 g/mol. The highest BCUT2D eigenvalue weighted by atomic mass is 19.1. The summed E-state index contributed by atoms with van der Waals surface area (Å²) >= 11 is 0. The van der Waals surface area contributed by atoms with Crippen LogP contribution in [0.3, 0.4) is 0 Å². The lowest BCUT2D eigenvalue weighted by atomic mass is 10.1. The summed E-state index contributed by atoms with van der Waals surface area (Å²) in [5, 5.41) is 11.0. The van der Waals surface area contributed by atoms with Gasteiger partial charge in [-0.3, -0.25) is 19.8 Å². The molecule has 1 amide bonds. The molecule has 0 spiro atoms. The van der Waals surface area contributed by atoms with Gasteiger partial charge >= 0.3 is 0 Å². The first-order valence-electron chi connectivity index (χ1n) is 9.69. The fraction of sp³-hybridized carbons (Fsp3) is 0.381. The van der Waals surface area contributed by atoms with Gasteiger partial charge in [-0.25, -0.2) is 4.39 Å². The molecule has 1 saturated heterocycles. The highest BCUT2D eigenvalue weighted by molar-refractivity contribution is 5.78. The number of anilines is 1. The van der Waals surface area contributed by atoms with Crippen LogP contribution < -0.4 is 10.5 Å². The molecule has 9 heteroatoms. The average Bonchev–Trinajstić information content (AvgIpc) is 2.71. The van der Waals surface area contributed by atoms with Crippen LogP contribution in [0.2, 0.25) is 0 Å². The number of carbonyl (C=O) groups is 1. The van der Waals surface area contributed by atoms with Gasteiger partial charge in [0.25, 0.3) is 11.6 Å². The van der Waals surface area contributed by atoms with E-state index in [1.165, 1.54) is 30.3 Å². The molecule has 3 rings (SSSR count). The van der Waals surface area contributed by atoms with E-state index in [4.69, 9.17) is 10.5 Å². The Morgan fingerprint density at radius 3 is 2.57 bits per heavy atom. The van der Waals surface area contributed by atoms with E-state index in [1.807, 2.05) is 13.8 Å². The van der Waals surface area contributed by atoms with E-state index >= 15 is 0 Å². The number of carbonyl (C=O) groups excluding carboxylic acids is 1. The van der Waals surface area contributed by atoms with Gasteiger partial charge < -0.3 is 15.4 Å². The van der Waals surface area contributed by atoms with Crippen molar-refractivity contribution in [1.82, 2.24) is 9.80 Å². The second-order valence-corrected chi connectivity index (χ2v) is 7.57. The molecule has 0 saturated carbocycles. The zero-order valence-electron chi connectivity index (χ0n) is 17.0. The minimum absolute atomic E-state index is 0.0292.